The van der Waals surface area contributed by atoms with Crippen molar-refractivity contribution < 1.29 is 14.3 Å². The van der Waals surface area contributed by atoms with Gasteiger partial charge in [0.2, 0.25) is 0 Å². The molecule has 2 aromatic rings. The van der Waals surface area contributed by atoms with Crippen LogP contribution < -0.4 is 19.7 Å². The van der Waals surface area contributed by atoms with E-state index >= 15 is 0 Å². The first kappa shape index (κ1) is 16.7. The summed E-state index contributed by atoms with van der Waals surface area (Å²) in [7, 11) is 5.55. The van der Waals surface area contributed by atoms with E-state index in [1.807, 2.05) is 67.5 Å². The van der Waals surface area contributed by atoms with E-state index in [1.54, 1.807) is 7.11 Å². The third kappa shape index (κ3) is 4.92. The highest BCUT2D eigenvalue weighted by atomic mass is 16.5. The minimum Gasteiger partial charge on any atom is -0.497 e. The molecule has 0 aromatic heterocycles. The zero-order valence-corrected chi connectivity index (χ0v) is 13.7. The maximum Gasteiger partial charge on any atom is 0.251 e. The smallest absolute Gasteiger partial charge is 0.251 e. The molecule has 5 nitrogen and oxygen atoms in total. The fourth-order valence-electron chi connectivity index (χ4n) is 2.02. The van der Waals surface area contributed by atoms with Crippen LogP contribution in [0.2, 0.25) is 0 Å². The first-order chi connectivity index (χ1) is 11.1. The van der Waals surface area contributed by atoms with Gasteiger partial charge in [0.15, 0.2) is 0 Å². The Kier molecular flexibility index (Phi) is 5.86. The number of nitrogens with zero attached hydrogens (tertiary/aromatic N) is 1. The van der Waals surface area contributed by atoms with Crippen LogP contribution in [-0.2, 0) is 0 Å². The number of carbonyl (C=O) groups excluding carboxylic acids is 1. The number of nitrogens with one attached hydrogen (secondary N) is 1. The monoisotopic (exact) mass is 314 g/mol. The van der Waals surface area contributed by atoms with Gasteiger partial charge >= 0.3 is 0 Å². The Balaban J connectivity index is 1.75. The number of hydrogen-bond acceptors (Lipinski definition) is 4. The third-order valence-electron chi connectivity index (χ3n) is 3.36. The fourth-order valence-corrected chi connectivity index (χ4v) is 2.02. The lowest BCUT2D eigenvalue weighted by Gasteiger charge is -2.12. The highest BCUT2D eigenvalue weighted by Gasteiger charge is 2.05. The van der Waals surface area contributed by atoms with E-state index in [-0.39, 0.29) is 5.91 Å². The van der Waals surface area contributed by atoms with Crippen LogP contribution in [0.15, 0.2) is 48.5 Å². The fraction of sp³-hybridized carbons (Fsp3) is 0.278. The molecule has 0 bridgehead atoms. The zero-order valence-electron chi connectivity index (χ0n) is 13.7. The minimum atomic E-state index is -0.103. The van der Waals surface area contributed by atoms with E-state index in [1.165, 1.54) is 0 Å². The van der Waals surface area contributed by atoms with Crippen molar-refractivity contribution in [1.29, 1.82) is 0 Å². The van der Waals surface area contributed by atoms with Gasteiger partial charge in [0.25, 0.3) is 5.91 Å². The predicted octanol–water partition coefficient (Wildman–Crippen LogP) is 2.57. The number of anilines is 1. The van der Waals surface area contributed by atoms with Crippen molar-refractivity contribution >= 4 is 11.6 Å². The van der Waals surface area contributed by atoms with Gasteiger partial charge in [0.1, 0.15) is 18.1 Å². The lowest BCUT2D eigenvalue weighted by atomic mass is 10.2. The Labute approximate surface area is 136 Å². The third-order valence-corrected chi connectivity index (χ3v) is 3.36. The van der Waals surface area contributed by atoms with Gasteiger partial charge in [-0.05, 0) is 48.5 Å². The average molecular weight is 314 g/mol. The number of methoxy groups -OCH3 is 1. The van der Waals surface area contributed by atoms with Crippen LogP contribution >= 0.6 is 0 Å². The molecule has 0 unspecified atom stereocenters. The molecule has 5 heteroatoms. The Morgan fingerprint density at radius 2 is 1.61 bits per heavy atom. The number of ether oxygens (including phenoxy) is 2. The lowest BCUT2D eigenvalue weighted by molar-refractivity contribution is 0.0947. The highest BCUT2D eigenvalue weighted by molar-refractivity contribution is 5.94. The number of amides is 1. The minimum absolute atomic E-state index is 0.103. The number of hydrogen-bond donors (Lipinski definition) is 1. The quantitative estimate of drug-likeness (QED) is 0.798. The normalized spacial score (nSPS) is 10.0. The largest absolute Gasteiger partial charge is 0.497 e. The molecule has 0 aliphatic carbocycles. The zero-order chi connectivity index (χ0) is 16.7. The van der Waals surface area contributed by atoms with Crippen LogP contribution in [0.3, 0.4) is 0 Å². The van der Waals surface area contributed by atoms with Crippen LogP contribution in [0, 0.1) is 0 Å². The molecule has 122 valence electrons. The van der Waals surface area contributed by atoms with Crippen LogP contribution in [0.25, 0.3) is 0 Å². The predicted molar refractivity (Wildman–Crippen MR) is 91.6 cm³/mol. The molecule has 1 amide bonds. The molecule has 0 saturated carbocycles. The second-order valence-electron chi connectivity index (χ2n) is 5.22. The van der Waals surface area contributed by atoms with E-state index < -0.39 is 0 Å². The summed E-state index contributed by atoms with van der Waals surface area (Å²) in [6.45, 7) is 0.855. The topological polar surface area (TPSA) is 50.8 Å². The molecule has 0 aliphatic rings. The van der Waals surface area contributed by atoms with Crippen LogP contribution in [0.4, 0.5) is 5.69 Å². The maximum atomic E-state index is 12.0. The molecular formula is C18H22N2O3. The molecule has 0 spiro atoms. The molecule has 0 heterocycles. The first-order valence-electron chi connectivity index (χ1n) is 7.42. The summed E-state index contributed by atoms with van der Waals surface area (Å²) in [5.41, 5.74) is 1.70. The van der Waals surface area contributed by atoms with Gasteiger partial charge in [-0.1, -0.05) is 0 Å². The van der Waals surface area contributed by atoms with Crippen molar-refractivity contribution in [3.8, 4) is 11.5 Å². The van der Waals surface area contributed by atoms with Crippen molar-refractivity contribution in [2.24, 2.45) is 0 Å². The maximum absolute atomic E-state index is 12.0. The second-order valence-corrected chi connectivity index (χ2v) is 5.22. The van der Waals surface area contributed by atoms with Crippen molar-refractivity contribution in [3.63, 3.8) is 0 Å². The van der Waals surface area contributed by atoms with Gasteiger partial charge in [-0.2, -0.15) is 0 Å². The average Bonchev–Trinajstić information content (AvgIpc) is 2.59. The first-order valence-corrected chi connectivity index (χ1v) is 7.42. The van der Waals surface area contributed by atoms with Crippen LogP contribution in [0.5, 0.6) is 11.5 Å². The summed E-state index contributed by atoms with van der Waals surface area (Å²) in [5.74, 6) is 1.43. The molecule has 23 heavy (non-hydrogen) atoms. The summed E-state index contributed by atoms with van der Waals surface area (Å²) >= 11 is 0. The van der Waals surface area contributed by atoms with Crippen LogP contribution in [-0.4, -0.2) is 40.3 Å². The molecule has 0 atom stereocenters. The van der Waals surface area contributed by atoms with Crippen molar-refractivity contribution in [1.82, 2.24) is 5.32 Å². The van der Waals surface area contributed by atoms with Crippen molar-refractivity contribution in [2.75, 3.05) is 39.3 Å². The Hall–Kier alpha value is -2.69. The second kappa shape index (κ2) is 8.08. The van der Waals surface area contributed by atoms with E-state index in [9.17, 15) is 4.79 Å². The summed E-state index contributed by atoms with van der Waals surface area (Å²) in [5, 5.41) is 2.84. The number of rotatable bonds is 7. The van der Waals surface area contributed by atoms with E-state index in [2.05, 4.69) is 5.32 Å². The summed E-state index contributed by atoms with van der Waals surface area (Å²) < 4.78 is 10.6. The van der Waals surface area contributed by atoms with E-state index in [4.69, 9.17) is 9.47 Å². The number of carbonyl (C=O) groups is 1. The summed E-state index contributed by atoms with van der Waals surface area (Å²) in [6, 6.07) is 14.8. The lowest BCUT2D eigenvalue weighted by Crippen LogP contribution is -2.28. The molecular weight excluding hydrogens is 292 g/mol. The Bertz CT molecular complexity index is 622. The van der Waals surface area contributed by atoms with Crippen molar-refractivity contribution in [3.05, 3.63) is 54.1 Å². The van der Waals surface area contributed by atoms with Gasteiger partial charge in [0, 0.05) is 25.3 Å². The number of benzene rings is 2. The molecule has 2 rings (SSSR count). The molecule has 1 N–H and O–H groups in total. The highest BCUT2D eigenvalue weighted by Crippen LogP contribution is 2.16. The van der Waals surface area contributed by atoms with Crippen molar-refractivity contribution in [2.45, 2.75) is 0 Å². The van der Waals surface area contributed by atoms with Gasteiger partial charge in [-0.3, -0.25) is 4.79 Å². The van der Waals surface area contributed by atoms with Gasteiger partial charge in [-0.15, -0.1) is 0 Å². The molecule has 0 saturated heterocycles. The van der Waals surface area contributed by atoms with E-state index in [0.717, 1.165) is 17.2 Å². The Morgan fingerprint density at radius 3 is 2.17 bits per heavy atom. The van der Waals surface area contributed by atoms with Gasteiger partial charge in [0.05, 0.1) is 13.7 Å². The SMILES string of the molecule is COc1ccc(OCCNC(=O)c2ccc(N(C)C)cc2)cc1. The van der Waals surface area contributed by atoms with E-state index in [0.29, 0.717) is 18.7 Å². The molecule has 0 fully saturated rings. The summed E-state index contributed by atoms with van der Waals surface area (Å²) in [4.78, 5) is 14.0. The van der Waals surface area contributed by atoms with Gasteiger partial charge in [-0.25, -0.2) is 0 Å². The molecule has 0 radical (unpaired) electrons. The van der Waals surface area contributed by atoms with Crippen LogP contribution in [0.1, 0.15) is 10.4 Å². The molecule has 2 aromatic carbocycles. The standard InChI is InChI=1S/C18H22N2O3/c1-20(2)15-6-4-14(5-7-15)18(21)19-12-13-23-17-10-8-16(22-3)9-11-17/h4-11H,12-13H2,1-3H3,(H,19,21). The van der Waals surface area contributed by atoms with Gasteiger partial charge < -0.3 is 19.7 Å². The Morgan fingerprint density at radius 1 is 1.00 bits per heavy atom. The summed E-state index contributed by atoms with van der Waals surface area (Å²) in [6.07, 6.45) is 0. The molecule has 0 aliphatic heterocycles.